The summed E-state index contributed by atoms with van der Waals surface area (Å²) in [7, 11) is 1.76. The largest absolute Gasteiger partial charge is 0.451 e. The lowest BCUT2D eigenvalue weighted by atomic mass is 10.2. The number of hydrogen-bond acceptors (Lipinski definition) is 3. The number of rotatable bonds is 5. The highest BCUT2D eigenvalue weighted by Crippen LogP contribution is 2.07. The number of amides is 1. The molecule has 0 fully saturated rings. The van der Waals surface area contributed by atoms with Crippen LogP contribution in [-0.2, 0) is 16.6 Å². The Balaban J connectivity index is 2.59. The van der Waals surface area contributed by atoms with E-state index in [4.69, 9.17) is 4.74 Å². The molecule has 0 saturated carbocycles. The lowest BCUT2D eigenvalue weighted by molar-refractivity contribution is -0.138. The summed E-state index contributed by atoms with van der Waals surface area (Å²) >= 11 is 0. The van der Waals surface area contributed by atoms with Crippen molar-refractivity contribution in [1.29, 1.82) is 0 Å². The maximum Gasteiger partial charge on any atom is 0.355 e. The molecule has 0 atom stereocenters. The molecule has 0 bridgehead atoms. The number of carbonyl (C=O) groups excluding carboxylic acids is 2. The number of esters is 1. The van der Waals surface area contributed by atoms with Crippen LogP contribution in [0.5, 0.6) is 0 Å². The first-order valence-corrected chi connectivity index (χ1v) is 6.44. The third-order valence-corrected chi connectivity index (χ3v) is 2.88. The van der Waals surface area contributed by atoms with Crippen LogP contribution in [-0.4, -0.2) is 40.0 Å². The van der Waals surface area contributed by atoms with Crippen molar-refractivity contribution in [1.82, 2.24) is 9.47 Å². The predicted octanol–water partition coefficient (Wildman–Crippen LogP) is 1.83. The minimum atomic E-state index is -0.478. The molecule has 0 aliphatic heterocycles. The standard InChI is InChI=1S/C14H22N2O3/c1-10(2)16(11(3)4)13(17)9-19-14(18)12-7-6-8-15(12)5/h6-8,10-11H,9H2,1-5H3. The maximum absolute atomic E-state index is 12.0. The molecule has 0 aliphatic rings. The van der Waals surface area contributed by atoms with Gasteiger partial charge < -0.3 is 14.2 Å². The van der Waals surface area contributed by atoms with Gasteiger partial charge in [-0.3, -0.25) is 4.79 Å². The molecule has 0 N–H and O–H groups in total. The highest BCUT2D eigenvalue weighted by atomic mass is 16.5. The highest BCUT2D eigenvalue weighted by Gasteiger charge is 2.21. The average Bonchev–Trinajstić information content (AvgIpc) is 2.71. The van der Waals surface area contributed by atoms with Crippen LogP contribution >= 0.6 is 0 Å². The smallest absolute Gasteiger partial charge is 0.355 e. The van der Waals surface area contributed by atoms with Crippen LogP contribution in [0.2, 0.25) is 0 Å². The summed E-state index contributed by atoms with van der Waals surface area (Å²) in [5.74, 6) is -0.652. The number of nitrogens with zero attached hydrogens (tertiary/aromatic N) is 2. The zero-order chi connectivity index (χ0) is 14.6. The van der Waals surface area contributed by atoms with Crippen molar-refractivity contribution in [3.63, 3.8) is 0 Å². The molecular formula is C14H22N2O3. The highest BCUT2D eigenvalue weighted by molar-refractivity contribution is 5.90. The van der Waals surface area contributed by atoms with Gasteiger partial charge in [-0.2, -0.15) is 0 Å². The van der Waals surface area contributed by atoms with Gasteiger partial charge in [-0.15, -0.1) is 0 Å². The first-order valence-electron chi connectivity index (χ1n) is 6.44. The van der Waals surface area contributed by atoms with Gasteiger partial charge >= 0.3 is 5.97 Å². The molecule has 0 spiro atoms. The maximum atomic E-state index is 12.0. The Bertz CT molecular complexity index is 441. The van der Waals surface area contributed by atoms with Crippen molar-refractivity contribution >= 4 is 11.9 Å². The number of ether oxygens (including phenoxy) is 1. The third-order valence-electron chi connectivity index (χ3n) is 2.88. The van der Waals surface area contributed by atoms with Crippen LogP contribution in [0.4, 0.5) is 0 Å². The fourth-order valence-corrected chi connectivity index (χ4v) is 2.12. The van der Waals surface area contributed by atoms with Gasteiger partial charge in [0, 0.05) is 25.3 Å². The molecule has 0 aliphatic carbocycles. The molecular weight excluding hydrogens is 244 g/mol. The Labute approximate surface area is 114 Å². The second kappa shape index (κ2) is 6.41. The van der Waals surface area contributed by atoms with E-state index in [1.54, 1.807) is 34.8 Å². The minimum Gasteiger partial charge on any atom is -0.451 e. The number of carbonyl (C=O) groups is 2. The van der Waals surface area contributed by atoms with E-state index in [9.17, 15) is 9.59 Å². The van der Waals surface area contributed by atoms with Crippen molar-refractivity contribution < 1.29 is 14.3 Å². The van der Waals surface area contributed by atoms with E-state index in [-0.39, 0.29) is 24.6 Å². The molecule has 1 aromatic rings. The first-order chi connectivity index (χ1) is 8.84. The molecule has 1 aromatic heterocycles. The Kier molecular flexibility index (Phi) is 5.15. The van der Waals surface area contributed by atoms with E-state index in [0.29, 0.717) is 5.69 Å². The van der Waals surface area contributed by atoms with Crippen LogP contribution < -0.4 is 0 Å². The molecule has 1 amide bonds. The summed E-state index contributed by atoms with van der Waals surface area (Å²) in [6.45, 7) is 7.54. The summed E-state index contributed by atoms with van der Waals surface area (Å²) in [5.41, 5.74) is 0.438. The predicted molar refractivity (Wildman–Crippen MR) is 72.8 cm³/mol. The Morgan fingerprint density at radius 1 is 1.26 bits per heavy atom. The summed E-state index contributed by atoms with van der Waals surface area (Å²) in [6, 6.07) is 3.59. The second-order valence-electron chi connectivity index (χ2n) is 5.07. The van der Waals surface area contributed by atoms with Crippen molar-refractivity contribution in [3.8, 4) is 0 Å². The number of hydrogen-bond donors (Lipinski definition) is 0. The molecule has 0 unspecified atom stereocenters. The molecule has 0 aromatic carbocycles. The van der Waals surface area contributed by atoms with E-state index in [0.717, 1.165) is 0 Å². The Hall–Kier alpha value is -1.78. The zero-order valence-electron chi connectivity index (χ0n) is 12.2. The summed E-state index contributed by atoms with van der Waals surface area (Å²) in [6.07, 6.45) is 1.76. The Morgan fingerprint density at radius 2 is 1.84 bits per heavy atom. The second-order valence-corrected chi connectivity index (χ2v) is 5.07. The number of aryl methyl sites for hydroxylation is 1. The van der Waals surface area contributed by atoms with Gasteiger partial charge in [-0.05, 0) is 39.8 Å². The van der Waals surface area contributed by atoms with Crippen molar-refractivity contribution in [2.75, 3.05) is 6.61 Å². The molecule has 5 heteroatoms. The lowest BCUT2D eigenvalue weighted by Gasteiger charge is -2.30. The average molecular weight is 266 g/mol. The quantitative estimate of drug-likeness (QED) is 0.764. The monoisotopic (exact) mass is 266 g/mol. The van der Waals surface area contributed by atoms with E-state index in [2.05, 4.69) is 0 Å². The molecule has 106 valence electrons. The molecule has 1 heterocycles. The van der Waals surface area contributed by atoms with Gasteiger partial charge in [0.15, 0.2) is 6.61 Å². The topological polar surface area (TPSA) is 51.5 Å². The molecule has 1 rings (SSSR count). The SMILES string of the molecule is CC(C)N(C(=O)COC(=O)c1cccn1C)C(C)C. The lowest BCUT2D eigenvalue weighted by Crippen LogP contribution is -2.44. The molecule has 5 nitrogen and oxygen atoms in total. The fraction of sp³-hybridized carbons (Fsp3) is 0.571. The van der Waals surface area contributed by atoms with Gasteiger partial charge in [0.2, 0.25) is 0 Å². The summed E-state index contributed by atoms with van der Waals surface area (Å²) in [5, 5.41) is 0. The van der Waals surface area contributed by atoms with Gasteiger partial charge in [0.25, 0.3) is 5.91 Å². The van der Waals surface area contributed by atoms with E-state index < -0.39 is 5.97 Å². The van der Waals surface area contributed by atoms with Crippen molar-refractivity contribution in [2.24, 2.45) is 7.05 Å². The van der Waals surface area contributed by atoms with Crippen LogP contribution in [0.1, 0.15) is 38.2 Å². The van der Waals surface area contributed by atoms with E-state index in [1.165, 1.54) is 0 Å². The molecule has 0 saturated heterocycles. The Morgan fingerprint density at radius 3 is 2.26 bits per heavy atom. The summed E-state index contributed by atoms with van der Waals surface area (Å²) in [4.78, 5) is 25.5. The van der Waals surface area contributed by atoms with Crippen molar-refractivity contribution in [2.45, 2.75) is 39.8 Å². The normalized spacial score (nSPS) is 10.9. The van der Waals surface area contributed by atoms with Gasteiger partial charge in [-0.1, -0.05) is 0 Å². The number of aromatic nitrogens is 1. The van der Waals surface area contributed by atoms with Crippen LogP contribution in [0.3, 0.4) is 0 Å². The van der Waals surface area contributed by atoms with E-state index in [1.807, 2.05) is 27.7 Å². The van der Waals surface area contributed by atoms with Gasteiger partial charge in [0.05, 0.1) is 0 Å². The van der Waals surface area contributed by atoms with E-state index >= 15 is 0 Å². The zero-order valence-corrected chi connectivity index (χ0v) is 12.2. The van der Waals surface area contributed by atoms with Crippen LogP contribution in [0.25, 0.3) is 0 Å². The fourth-order valence-electron chi connectivity index (χ4n) is 2.12. The first kappa shape index (κ1) is 15.3. The van der Waals surface area contributed by atoms with Gasteiger partial charge in [0.1, 0.15) is 5.69 Å². The third kappa shape index (κ3) is 3.84. The summed E-state index contributed by atoms with van der Waals surface area (Å²) < 4.78 is 6.72. The van der Waals surface area contributed by atoms with Crippen LogP contribution in [0, 0.1) is 0 Å². The molecule has 0 radical (unpaired) electrons. The van der Waals surface area contributed by atoms with Crippen LogP contribution in [0.15, 0.2) is 18.3 Å². The van der Waals surface area contributed by atoms with Gasteiger partial charge in [-0.25, -0.2) is 4.79 Å². The minimum absolute atomic E-state index is 0.0845. The van der Waals surface area contributed by atoms with Crippen molar-refractivity contribution in [3.05, 3.63) is 24.0 Å². The molecule has 19 heavy (non-hydrogen) atoms.